The standard InChI is InChI=1S/C47H37N5/c1-4-15-33(16-5-1)45-48-46(34-17-6-2-7-18-34)50-47(49-45)52-43-23-13-11-21-39(43)40-31-36(27-29-44(40)52)35-26-28-42-37(30-35)25-24-32-14-10-12-22-41(32)51(42)38-19-8-3-9-20-38/h1-31,45-50H. The quantitative estimate of drug-likeness (QED) is 0.170. The van der Waals surface area contributed by atoms with Crippen molar-refractivity contribution in [3.63, 3.8) is 0 Å². The molecule has 2 aliphatic heterocycles. The van der Waals surface area contributed by atoms with Crippen LogP contribution in [-0.2, 0) is 0 Å². The fourth-order valence-corrected chi connectivity index (χ4v) is 7.98. The summed E-state index contributed by atoms with van der Waals surface area (Å²) in [7, 11) is 0. The number of anilines is 3. The third-order valence-corrected chi connectivity index (χ3v) is 10.5. The van der Waals surface area contributed by atoms with E-state index in [1.165, 1.54) is 60.9 Å². The van der Waals surface area contributed by atoms with E-state index in [1.807, 2.05) is 0 Å². The van der Waals surface area contributed by atoms with Crippen LogP contribution in [0.5, 0.6) is 0 Å². The molecule has 10 rings (SSSR count). The number of nitrogens with one attached hydrogen (secondary N) is 3. The second kappa shape index (κ2) is 12.8. The normalized spacial score (nSPS) is 18.2. The van der Waals surface area contributed by atoms with Crippen LogP contribution in [0.25, 0.3) is 45.1 Å². The summed E-state index contributed by atoms with van der Waals surface area (Å²) < 4.78 is 2.43. The van der Waals surface area contributed by atoms with Crippen LogP contribution in [0.4, 0.5) is 17.1 Å². The number of benzene rings is 7. The highest BCUT2D eigenvalue weighted by molar-refractivity contribution is 6.09. The van der Waals surface area contributed by atoms with Gasteiger partial charge in [-0.2, -0.15) is 0 Å². The Morgan fingerprint density at radius 3 is 1.71 bits per heavy atom. The Morgan fingerprint density at radius 1 is 0.404 bits per heavy atom. The molecule has 0 bridgehead atoms. The zero-order chi connectivity index (χ0) is 34.4. The summed E-state index contributed by atoms with van der Waals surface area (Å²) in [5, 5.41) is 14.1. The highest BCUT2D eigenvalue weighted by atomic mass is 15.4. The van der Waals surface area contributed by atoms with Gasteiger partial charge in [0, 0.05) is 16.5 Å². The lowest BCUT2D eigenvalue weighted by Gasteiger charge is -2.40. The van der Waals surface area contributed by atoms with E-state index in [1.54, 1.807) is 0 Å². The number of hydrogen-bond acceptors (Lipinski definition) is 4. The first-order valence-corrected chi connectivity index (χ1v) is 18.0. The number of hydrogen-bond donors (Lipinski definition) is 3. The fourth-order valence-electron chi connectivity index (χ4n) is 7.98. The average molecular weight is 672 g/mol. The summed E-state index contributed by atoms with van der Waals surface area (Å²) in [4.78, 5) is 2.37. The molecule has 5 nitrogen and oxygen atoms in total. The van der Waals surface area contributed by atoms with Crippen LogP contribution in [0.1, 0.15) is 40.9 Å². The van der Waals surface area contributed by atoms with E-state index >= 15 is 0 Å². The molecule has 2 aliphatic rings. The van der Waals surface area contributed by atoms with E-state index in [4.69, 9.17) is 0 Å². The predicted molar refractivity (Wildman–Crippen MR) is 215 cm³/mol. The molecule has 2 unspecified atom stereocenters. The molecule has 7 aromatic carbocycles. The smallest absolute Gasteiger partial charge is 0.142 e. The third kappa shape index (κ3) is 5.31. The first-order valence-electron chi connectivity index (χ1n) is 18.0. The van der Waals surface area contributed by atoms with E-state index in [9.17, 15) is 0 Å². The minimum atomic E-state index is -0.173. The van der Waals surface area contributed by atoms with E-state index in [2.05, 4.69) is 213 Å². The summed E-state index contributed by atoms with van der Waals surface area (Å²) in [5.74, 6) is 0. The Morgan fingerprint density at radius 2 is 0.962 bits per heavy atom. The SMILES string of the molecule is C1=Cc2cc(-c3ccc4c(c3)c3ccccc3n4C3NC(c4ccccc4)NC(c4ccccc4)N3)ccc2N(c2ccccc2)c2ccccc21. The van der Waals surface area contributed by atoms with Crippen molar-refractivity contribution >= 4 is 51.0 Å². The van der Waals surface area contributed by atoms with Gasteiger partial charge in [0.15, 0.2) is 0 Å². The Kier molecular flexibility index (Phi) is 7.54. The molecule has 3 heterocycles. The van der Waals surface area contributed by atoms with E-state index < -0.39 is 0 Å². The largest absolute Gasteiger partial charge is 0.311 e. The van der Waals surface area contributed by atoms with Gasteiger partial charge in [-0.25, -0.2) is 0 Å². The Labute approximate surface area is 303 Å². The molecule has 5 heteroatoms. The predicted octanol–water partition coefficient (Wildman–Crippen LogP) is 11.1. The highest BCUT2D eigenvalue weighted by Gasteiger charge is 2.31. The van der Waals surface area contributed by atoms with Crippen molar-refractivity contribution < 1.29 is 0 Å². The van der Waals surface area contributed by atoms with Gasteiger partial charge < -0.3 is 9.47 Å². The topological polar surface area (TPSA) is 44.3 Å². The third-order valence-electron chi connectivity index (χ3n) is 10.5. The van der Waals surface area contributed by atoms with Crippen molar-refractivity contribution in [3.8, 4) is 11.1 Å². The molecule has 3 N–H and O–H groups in total. The molecule has 8 aromatic rings. The lowest BCUT2D eigenvalue weighted by molar-refractivity contribution is 0.161. The van der Waals surface area contributed by atoms with Gasteiger partial charge in [-0.05, 0) is 81.9 Å². The zero-order valence-corrected chi connectivity index (χ0v) is 28.5. The first kappa shape index (κ1) is 30.6. The lowest BCUT2D eigenvalue weighted by atomic mass is 9.99. The summed E-state index contributed by atoms with van der Waals surface area (Å²) in [6, 6.07) is 63.1. The molecular formula is C47H37N5. The molecule has 1 fully saturated rings. The van der Waals surface area contributed by atoms with Crippen LogP contribution < -0.4 is 20.9 Å². The minimum Gasteiger partial charge on any atom is -0.311 e. The summed E-state index contributed by atoms with van der Waals surface area (Å²) in [6.45, 7) is 0. The van der Waals surface area contributed by atoms with Crippen LogP contribution in [-0.4, -0.2) is 4.57 Å². The molecule has 0 spiro atoms. The Hall–Kier alpha value is -6.24. The molecule has 1 aromatic heterocycles. The van der Waals surface area contributed by atoms with Gasteiger partial charge in [0.05, 0.1) is 34.7 Å². The number of para-hydroxylation sites is 3. The number of nitrogens with zero attached hydrogens (tertiary/aromatic N) is 2. The molecule has 52 heavy (non-hydrogen) atoms. The first-order chi connectivity index (χ1) is 25.8. The monoisotopic (exact) mass is 671 g/mol. The summed E-state index contributed by atoms with van der Waals surface area (Å²) >= 11 is 0. The number of rotatable bonds is 5. The second-order valence-corrected chi connectivity index (χ2v) is 13.5. The van der Waals surface area contributed by atoms with Crippen LogP contribution in [0.15, 0.2) is 176 Å². The van der Waals surface area contributed by atoms with Gasteiger partial charge in [0.2, 0.25) is 0 Å². The molecule has 0 saturated carbocycles. The fraction of sp³-hybridized carbons (Fsp3) is 0.0638. The van der Waals surface area contributed by atoms with Gasteiger partial charge in [0.1, 0.15) is 6.29 Å². The average Bonchev–Trinajstić information content (AvgIpc) is 3.45. The van der Waals surface area contributed by atoms with Gasteiger partial charge in [-0.1, -0.05) is 140 Å². The molecule has 0 aliphatic carbocycles. The van der Waals surface area contributed by atoms with Gasteiger partial charge >= 0.3 is 0 Å². The van der Waals surface area contributed by atoms with Crippen LogP contribution in [0, 0.1) is 0 Å². The van der Waals surface area contributed by atoms with Crippen molar-refractivity contribution in [2.24, 2.45) is 0 Å². The van der Waals surface area contributed by atoms with Gasteiger partial charge in [-0.3, -0.25) is 16.0 Å². The maximum absolute atomic E-state index is 3.90. The van der Waals surface area contributed by atoms with Crippen molar-refractivity contribution in [1.29, 1.82) is 0 Å². The lowest BCUT2D eigenvalue weighted by Crippen LogP contribution is -2.56. The van der Waals surface area contributed by atoms with E-state index in [0.717, 1.165) is 11.4 Å². The highest BCUT2D eigenvalue weighted by Crippen LogP contribution is 2.43. The van der Waals surface area contributed by atoms with Crippen molar-refractivity contribution in [3.05, 3.63) is 198 Å². The van der Waals surface area contributed by atoms with Crippen molar-refractivity contribution in [1.82, 2.24) is 20.5 Å². The molecule has 2 atom stereocenters. The molecule has 1 saturated heterocycles. The van der Waals surface area contributed by atoms with E-state index in [0.29, 0.717) is 0 Å². The second-order valence-electron chi connectivity index (χ2n) is 13.5. The number of fused-ring (bicyclic) bond motifs is 5. The maximum Gasteiger partial charge on any atom is 0.142 e. The summed E-state index contributed by atoms with van der Waals surface area (Å²) in [6.07, 6.45) is 4.21. The molecule has 0 amide bonds. The summed E-state index contributed by atoms with van der Waals surface area (Å²) in [5.41, 5.74) is 13.0. The zero-order valence-electron chi connectivity index (χ0n) is 28.5. The molecule has 250 valence electrons. The van der Waals surface area contributed by atoms with Gasteiger partial charge in [-0.15, -0.1) is 0 Å². The number of aromatic nitrogens is 1. The van der Waals surface area contributed by atoms with Crippen LogP contribution >= 0.6 is 0 Å². The van der Waals surface area contributed by atoms with Crippen molar-refractivity contribution in [2.45, 2.75) is 18.6 Å². The molecular weight excluding hydrogens is 635 g/mol. The maximum atomic E-state index is 3.90. The van der Waals surface area contributed by atoms with Gasteiger partial charge in [0.25, 0.3) is 0 Å². The van der Waals surface area contributed by atoms with Crippen LogP contribution in [0.2, 0.25) is 0 Å². The minimum absolute atomic E-state index is 0.0534. The molecule has 0 radical (unpaired) electrons. The van der Waals surface area contributed by atoms with Crippen LogP contribution in [0.3, 0.4) is 0 Å². The van der Waals surface area contributed by atoms with E-state index in [-0.39, 0.29) is 18.6 Å². The Balaban J connectivity index is 1.08. The van der Waals surface area contributed by atoms with Crippen molar-refractivity contribution in [2.75, 3.05) is 4.90 Å². The Bertz CT molecular complexity index is 2530.